The van der Waals surface area contributed by atoms with Crippen molar-refractivity contribution >= 4 is 5.69 Å². The van der Waals surface area contributed by atoms with E-state index in [0.29, 0.717) is 0 Å². The van der Waals surface area contributed by atoms with Crippen LogP contribution in [0.4, 0.5) is 5.69 Å². The van der Waals surface area contributed by atoms with Crippen LogP contribution < -0.4 is 5.73 Å². The molecule has 0 amide bonds. The van der Waals surface area contributed by atoms with Gasteiger partial charge in [0.1, 0.15) is 0 Å². The molecular formula is C12H19N3. The third kappa shape index (κ3) is 2.93. The fourth-order valence-corrected chi connectivity index (χ4v) is 1.98. The van der Waals surface area contributed by atoms with Gasteiger partial charge in [-0.15, -0.1) is 0 Å². The van der Waals surface area contributed by atoms with E-state index in [4.69, 9.17) is 5.73 Å². The molecular weight excluding hydrogens is 186 g/mol. The zero-order valence-electron chi connectivity index (χ0n) is 9.48. The molecule has 1 heterocycles. The van der Waals surface area contributed by atoms with E-state index < -0.39 is 0 Å². The van der Waals surface area contributed by atoms with E-state index in [-0.39, 0.29) is 0 Å². The van der Waals surface area contributed by atoms with Crippen LogP contribution in [0.3, 0.4) is 0 Å². The van der Waals surface area contributed by atoms with Gasteiger partial charge < -0.3 is 10.6 Å². The number of aromatic nitrogens is 1. The minimum Gasteiger partial charge on any atom is -0.399 e. The maximum atomic E-state index is 5.71. The summed E-state index contributed by atoms with van der Waals surface area (Å²) in [5, 5.41) is 0. The summed E-state index contributed by atoms with van der Waals surface area (Å²) in [5.74, 6) is 1.82. The van der Waals surface area contributed by atoms with Gasteiger partial charge in [0.2, 0.25) is 0 Å². The molecule has 1 saturated carbocycles. The summed E-state index contributed by atoms with van der Waals surface area (Å²) in [7, 11) is 2.15. The van der Waals surface area contributed by atoms with Gasteiger partial charge in [-0.1, -0.05) is 6.92 Å². The molecule has 82 valence electrons. The zero-order valence-corrected chi connectivity index (χ0v) is 9.48. The van der Waals surface area contributed by atoms with E-state index in [1.807, 2.05) is 12.1 Å². The first kappa shape index (κ1) is 10.4. The van der Waals surface area contributed by atoms with E-state index in [2.05, 4.69) is 23.9 Å². The third-order valence-corrected chi connectivity index (χ3v) is 3.09. The highest BCUT2D eigenvalue weighted by Crippen LogP contribution is 2.38. The monoisotopic (exact) mass is 205 g/mol. The Balaban J connectivity index is 1.85. The summed E-state index contributed by atoms with van der Waals surface area (Å²) in [5.41, 5.74) is 7.57. The van der Waals surface area contributed by atoms with Crippen molar-refractivity contribution in [3.8, 4) is 0 Å². The highest BCUT2D eigenvalue weighted by Gasteiger charge is 2.32. The van der Waals surface area contributed by atoms with Crippen LogP contribution in [0.1, 0.15) is 19.0 Å². The molecule has 3 heteroatoms. The predicted octanol–water partition coefficient (Wildman–Crippen LogP) is 1.75. The van der Waals surface area contributed by atoms with Gasteiger partial charge in [0.25, 0.3) is 0 Å². The first-order valence-corrected chi connectivity index (χ1v) is 5.54. The van der Waals surface area contributed by atoms with Gasteiger partial charge in [-0.2, -0.15) is 0 Å². The Morgan fingerprint density at radius 1 is 1.60 bits per heavy atom. The van der Waals surface area contributed by atoms with E-state index >= 15 is 0 Å². The molecule has 1 aromatic rings. The molecule has 1 fully saturated rings. The van der Waals surface area contributed by atoms with Crippen LogP contribution in [0.2, 0.25) is 0 Å². The summed E-state index contributed by atoms with van der Waals surface area (Å²) in [4.78, 5) is 6.63. The van der Waals surface area contributed by atoms with Crippen LogP contribution in [0.5, 0.6) is 0 Å². The van der Waals surface area contributed by atoms with Crippen molar-refractivity contribution in [2.24, 2.45) is 11.8 Å². The number of hydrogen-bond acceptors (Lipinski definition) is 3. The number of pyridine rings is 1. The molecule has 2 N–H and O–H groups in total. The van der Waals surface area contributed by atoms with Gasteiger partial charge in [0.05, 0.1) is 5.69 Å². The molecule has 15 heavy (non-hydrogen) atoms. The Hall–Kier alpha value is -1.09. The molecule has 0 bridgehead atoms. The Morgan fingerprint density at radius 2 is 2.33 bits per heavy atom. The highest BCUT2D eigenvalue weighted by molar-refractivity contribution is 5.37. The van der Waals surface area contributed by atoms with Gasteiger partial charge in [-0.3, -0.25) is 4.98 Å². The number of hydrogen-bond donors (Lipinski definition) is 1. The van der Waals surface area contributed by atoms with E-state index in [0.717, 1.165) is 29.8 Å². The Labute approximate surface area is 91.3 Å². The molecule has 0 aliphatic heterocycles. The molecule has 0 aromatic carbocycles. The van der Waals surface area contributed by atoms with Gasteiger partial charge >= 0.3 is 0 Å². The van der Waals surface area contributed by atoms with Crippen LogP contribution >= 0.6 is 0 Å². The Kier molecular flexibility index (Phi) is 2.91. The van der Waals surface area contributed by atoms with Crippen molar-refractivity contribution < 1.29 is 0 Å². The maximum absolute atomic E-state index is 5.71. The lowest BCUT2D eigenvalue weighted by molar-refractivity contribution is 0.304. The predicted molar refractivity (Wildman–Crippen MR) is 62.3 cm³/mol. The number of nitrogens with two attached hydrogens (primary N) is 1. The molecule has 1 aliphatic rings. The second-order valence-electron chi connectivity index (χ2n) is 4.75. The first-order valence-electron chi connectivity index (χ1n) is 5.54. The Bertz CT molecular complexity index is 337. The minimum absolute atomic E-state index is 0.799. The second-order valence-corrected chi connectivity index (χ2v) is 4.75. The van der Waals surface area contributed by atoms with Crippen molar-refractivity contribution in [1.82, 2.24) is 9.88 Å². The minimum atomic E-state index is 0.799. The molecule has 3 nitrogen and oxygen atoms in total. The molecule has 1 aromatic heterocycles. The quantitative estimate of drug-likeness (QED) is 0.814. The lowest BCUT2D eigenvalue weighted by atomic mass is 10.3. The summed E-state index contributed by atoms with van der Waals surface area (Å²) >= 11 is 0. The second kappa shape index (κ2) is 4.19. The van der Waals surface area contributed by atoms with Gasteiger partial charge in [-0.05, 0) is 37.4 Å². The summed E-state index contributed by atoms with van der Waals surface area (Å²) in [6.07, 6.45) is 3.16. The van der Waals surface area contributed by atoms with Crippen LogP contribution in [0.15, 0.2) is 18.3 Å². The van der Waals surface area contributed by atoms with Gasteiger partial charge in [0.15, 0.2) is 0 Å². The van der Waals surface area contributed by atoms with Crippen LogP contribution in [0.25, 0.3) is 0 Å². The third-order valence-electron chi connectivity index (χ3n) is 3.09. The number of nitrogen functional groups attached to an aromatic ring is 1. The smallest absolute Gasteiger partial charge is 0.0564 e. The van der Waals surface area contributed by atoms with Crippen molar-refractivity contribution in [2.45, 2.75) is 19.9 Å². The Morgan fingerprint density at radius 3 is 2.93 bits per heavy atom. The lowest BCUT2D eigenvalue weighted by Crippen LogP contribution is -2.21. The lowest BCUT2D eigenvalue weighted by Gasteiger charge is -2.15. The van der Waals surface area contributed by atoms with Crippen molar-refractivity contribution in [3.63, 3.8) is 0 Å². The van der Waals surface area contributed by atoms with Crippen LogP contribution in [0, 0.1) is 11.8 Å². The summed E-state index contributed by atoms with van der Waals surface area (Å²) in [6, 6.07) is 3.78. The molecule has 0 spiro atoms. The standard InChI is InChI=1S/C12H19N3/c1-9-5-10(9)7-15(2)8-12-6-11(13)3-4-14-12/h3-4,6,9-10H,5,7-8H2,1-2H3,(H2,13,14). The fraction of sp³-hybridized carbons (Fsp3) is 0.583. The van der Waals surface area contributed by atoms with Crippen LogP contribution in [-0.2, 0) is 6.54 Å². The zero-order chi connectivity index (χ0) is 10.8. The van der Waals surface area contributed by atoms with E-state index in [1.165, 1.54) is 13.0 Å². The SMILES string of the molecule is CC1CC1CN(C)Cc1cc(N)ccn1. The average Bonchev–Trinajstić information content (AvgIpc) is 2.81. The highest BCUT2D eigenvalue weighted by atomic mass is 15.1. The van der Waals surface area contributed by atoms with Crippen LogP contribution in [-0.4, -0.2) is 23.5 Å². The van der Waals surface area contributed by atoms with E-state index in [9.17, 15) is 0 Å². The van der Waals surface area contributed by atoms with Gasteiger partial charge in [-0.25, -0.2) is 0 Å². The molecule has 0 radical (unpaired) electrons. The normalized spacial score (nSPS) is 24.5. The van der Waals surface area contributed by atoms with Crippen molar-refractivity contribution in [2.75, 3.05) is 19.3 Å². The van der Waals surface area contributed by atoms with E-state index in [1.54, 1.807) is 6.20 Å². The summed E-state index contributed by atoms with van der Waals surface area (Å²) in [6.45, 7) is 4.39. The maximum Gasteiger partial charge on any atom is 0.0564 e. The fourth-order valence-electron chi connectivity index (χ4n) is 1.98. The largest absolute Gasteiger partial charge is 0.399 e. The average molecular weight is 205 g/mol. The molecule has 2 atom stereocenters. The van der Waals surface area contributed by atoms with Gasteiger partial charge in [0, 0.05) is 25.0 Å². The van der Waals surface area contributed by atoms with Crippen molar-refractivity contribution in [1.29, 1.82) is 0 Å². The number of nitrogens with zero attached hydrogens (tertiary/aromatic N) is 2. The number of anilines is 1. The topological polar surface area (TPSA) is 42.1 Å². The first-order chi connectivity index (χ1) is 7.15. The van der Waals surface area contributed by atoms with Crippen molar-refractivity contribution in [3.05, 3.63) is 24.0 Å². The molecule has 1 aliphatic carbocycles. The molecule has 2 unspecified atom stereocenters. The summed E-state index contributed by atoms with van der Waals surface area (Å²) < 4.78 is 0. The molecule has 0 saturated heterocycles. The number of rotatable bonds is 4. The molecule has 2 rings (SSSR count).